The van der Waals surface area contributed by atoms with Gasteiger partial charge in [0.05, 0.1) is 4.88 Å². The quantitative estimate of drug-likeness (QED) is 0.576. The van der Waals surface area contributed by atoms with E-state index >= 15 is 0 Å². The molecule has 0 bridgehead atoms. The molecule has 1 aliphatic rings. The summed E-state index contributed by atoms with van der Waals surface area (Å²) in [6.45, 7) is 7.14. The monoisotopic (exact) mass is 418 g/mol. The van der Waals surface area contributed by atoms with Gasteiger partial charge >= 0.3 is 0 Å². The van der Waals surface area contributed by atoms with Gasteiger partial charge in [0.15, 0.2) is 0 Å². The van der Waals surface area contributed by atoms with Crippen LogP contribution in [-0.4, -0.2) is 18.4 Å². The van der Waals surface area contributed by atoms with Gasteiger partial charge in [0, 0.05) is 23.5 Å². The number of thiophene rings is 1. The molecule has 0 unspecified atom stereocenters. The van der Waals surface area contributed by atoms with Crippen LogP contribution in [0.4, 0.5) is 11.4 Å². The van der Waals surface area contributed by atoms with Crippen molar-refractivity contribution in [3.8, 4) is 0 Å². The number of aryl methyl sites for hydroxylation is 1. The van der Waals surface area contributed by atoms with Crippen LogP contribution in [0.25, 0.3) is 0 Å². The molecule has 1 aliphatic heterocycles. The maximum Gasteiger partial charge on any atom is 0.268 e. The molecule has 4 nitrogen and oxygen atoms in total. The molecule has 2 amide bonds. The summed E-state index contributed by atoms with van der Waals surface area (Å²) >= 11 is 1.45. The van der Waals surface area contributed by atoms with Gasteiger partial charge < -0.3 is 10.2 Å². The molecule has 0 spiro atoms. The second-order valence-corrected chi connectivity index (χ2v) is 9.61. The first-order chi connectivity index (χ1) is 14.3. The topological polar surface area (TPSA) is 49.4 Å². The van der Waals surface area contributed by atoms with Crippen molar-refractivity contribution in [3.63, 3.8) is 0 Å². The summed E-state index contributed by atoms with van der Waals surface area (Å²) in [5.74, 6) is -0.130. The Hall–Kier alpha value is -2.92. The van der Waals surface area contributed by atoms with Crippen LogP contribution in [0.15, 0.2) is 60.0 Å². The lowest BCUT2D eigenvalue weighted by Gasteiger charge is -2.29. The number of fused-ring (bicyclic) bond motifs is 1. The highest BCUT2D eigenvalue weighted by Crippen LogP contribution is 2.32. The Balaban J connectivity index is 1.55. The standard InChI is InChI=1S/C25H26N2O2S/c1-25(2,3)19-11-8-18(9-12-19)23(28)26-20-13-10-17-6-4-14-27(21(17)16-20)24(29)22-7-5-15-30-22/h5,7-13,15-16H,4,6,14H2,1-3H3,(H,26,28). The number of hydrogen-bond donors (Lipinski definition) is 1. The molecule has 0 saturated carbocycles. The zero-order valence-electron chi connectivity index (χ0n) is 17.6. The first-order valence-corrected chi connectivity index (χ1v) is 11.1. The van der Waals surface area contributed by atoms with Gasteiger partial charge in [0.1, 0.15) is 0 Å². The third kappa shape index (κ3) is 4.17. The summed E-state index contributed by atoms with van der Waals surface area (Å²) in [5.41, 5.74) is 4.58. The number of benzene rings is 2. The van der Waals surface area contributed by atoms with Crippen LogP contribution in [0.1, 0.15) is 58.3 Å². The van der Waals surface area contributed by atoms with Crippen LogP contribution < -0.4 is 10.2 Å². The number of carbonyl (C=O) groups excluding carboxylic acids is 2. The molecule has 0 fully saturated rings. The summed E-state index contributed by atoms with van der Waals surface area (Å²) in [4.78, 5) is 28.3. The van der Waals surface area contributed by atoms with E-state index in [0.717, 1.165) is 29.0 Å². The minimum Gasteiger partial charge on any atom is -0.322 e. The molecular formula is C25H26N2O2S. The summed E-state index contributed by atoms with van der Waals surface area (Å²) in [7, 11) is 0. The molecule has 1 aromatic heterocycles. The first-order valence-electron chi connectivity index (χ1n) is 10.2. The summed E-state index contributed by atoms with van der Waals surface area (Å²) in [5, 5.41) is 4.90. The summed E-state index contributed by atoms with van der Waals surface area (Å²) in [6.07, 6.45) is 1.88. The fourth-order valence-corrected chi connectivity index (χ4v) is 4.39. The molecule has 5 heteroatoms. The highest BCUT2D eigenvalue weighted by atomic mass is 32.1. The van der Waals surface area contributed by atoms with E-state index in [4.69, 9.17) is 0 Å². The van der Waals surface area contributed by atoms with Gasteiger partial charge in [-0.15, -0.1) is 11.3 Å². The van der Waals surface area contributed by atoms with Gasteiger partial charge in [-0.25, -0.2) is 0 Å². The van der Waals surface area contributed by atoms with Crippen LogP contribution >= 0.6 is 11.3 Å². The highest BCUT2D eigenvalue weighted by molar-refractivity contribution is 7.12. The van der Waals surface area contributed by atoms with Crippen molar-refractivity contribution in [2.45, 2.75) is 39.0 Å². The molecule has 3 aromatic rings. The van der Waals surface area contributed by atoms with E-state index < -0.39 is 0 Å². The number of nitrogens with one attached hydrogen (secondary N) is 1. The predicted octanol–water partition coefficient (Wildman–Crippen LogP) is 5.89. The number of rotatable bonds is 3. The first kappa shape index (κ1) is 20.4. The van der Waals surface area contributed by atoms with Crippen molar-refractivity contribution in [1.29, 1.82) is 0 Å². The SMILES string of the molecule is CC(C)(C)c1ccc(C(=O)Nc2ccc3c(c2)N(C(=O)c2cccs2)CCC3)cc1. The molecule has 0 saturated heterocycles. The van der Waals surface area contributed by atoms with Gasteiger partial charge in [0.25, 0.3) is 11.8 Å². The Bertz CT molecular complexity index is 1060. The van der Waals surface area contributed by atoms with Crippen molar-refractivity contribution < 1.29 is 9.59 Å². The third-order valence-corrected chi connectivity index (χ3v) is 6.31. The number of amides is 2. The minimum atomic E-state index is -0.151. The maximum atomic E-state index is 12.9. The zero-order chi connectivity index (χ0) is 21.3. The minimum absolute atomic E-state index is 0.0206. The Morgan fingerprint density at radius 2 is 1.80 bits per heavy atom. The lowest BCUT2D eigenvalue weighted by atomic mass is 9.87. The van der Waals surface area contributed by atoms with Crippen LogP contribution in [0, 0.1) is 0 Å². The van der Waals surface area contributed by atoms with Gasteiger partial charge in [-0.1, -0.05) is 45.0 Å². The van der Waals surface area contributed by atoms with E-state index in [1.54, 1.807) is 0 Å². The van der Waals surface area contributed by atoms with Gasteiger partial charge in [-0.3, -0.25) is 9.59 Å². The lowest BCUT2D eigenvalue weighted by Crippen LogP contribution is -2.35. The van der Waals surface area contributed by atoms with Crippen molar-refractivity contribution in [3.05, 3.63) is 81.5 Å². The average molecular weight is 419 g/mol. The van der Waals surface area contributed by atoms with Crippen molar-refractivity contribution in [2.24, 2.45) is 0 Å². The van der Waals surface area contributed by atoms with E-state index in [0.29, 0.717) is 17.8 Å². The van der Waals surface area contributed by atoms with E-state index in [1.165, 1.54) is 16.9 Å². The molecule has 154 valence electrons. The van der Waals surface area contributed by atoms with E-state index in [-0.39, 0.29) is 17.2 Å². The Kier molecular flexibility index (Phi) is 5.48. The van der Waals surface area contributed by atoms with Crippen molar-refractivity contribution >= 4 is 34.5 Å². The van der Waals surface area contributed by atoms with Crippen LogP contribution in [-0.2, 0) is 11.8 Å². The number of hydrogen-bond acceptors (Lipinski definition) is 3. The van der Waals surface area contributed by atoms with Crippen molar-refractivity contribution in [1.82, 2.24) is 0 Å². The largest absolute Gasteiger partial charge is 0.322 e. The van der Waals surface area contributed by atoms with Crippen LogP contribution in [0.5, 0.6) is 0 Å². The van der Waals surface area contributed by atoms with Crippen LogP contribution in [0.3, 0.4) is 0 Å². The molecule has 1 N–H and O–H groups in total. The summed E-state index contributed by atoms with van der Waals surface area (Å²) < 4.78 is 0. The molecule has 0 aliphatic carbocycles. The molecule has 4 rings (SSSR count). The average Bonchev–Trinajstić information content (AvgIpc) is 3.27. The summed E-state index contributed by atoms with van der Waals surface area (Å²) in [6, 6.07) is 17.3. The molecule has 0 radical (unpaired) electrons. The predicted molar refractivity (Wildman–Crippen MR) is 124 cm³/mol. The Morgan fingerprint density at radius 1 is 1.03 bits per heavy atom. The molecule has 0 atom stereocenters. The fourth-order valence-electron chi connectivity index (χ4n) is 3.72. The highest BCUT2D eigenvalue weighted by Gasteiger charge is 2.25. The fraction of sp³-hybridized carbons (Fsp3) is 0.280. The van der Waals surface area contributed by atoms with E-state index in [9.17, 15) is 9.59 Å². The number of anilines is 2. The zero-order valence-corrected chi connectivity index (χ0v) is 18.4. The van der Waals surface area contributed by atoms with E-state index in [1.807, 2.05) is 64.9 Å². The molecule has 2 aromatic carbocycles. The second-order valence-electron chi connectivity index (χ2n) is 8.66. The van der Waals surface area contributed by atoms with Gasteiger partial charge in [0.2, 0.25) is 0 Å². The Labute approximate surface area is 181 Å². The van der Waals surface area contributed by atoms with Gasteiger partial charge in [-0.2, -0.15) is 0 Å². The number of nitrogens with zero attached hydrogens (tertiary/aromatic N) is 1. The van der Waals surface area contributed by atoms with Crippen molar-refractivity contribution in [2.75, 3.05) is 16.8 Å². The normalized spacial score (nSPS) is 13.6. The Morgan fingerprint density at radius 3 is 2.47 bits per heavy atom. The maximum absolute atomic E-state index is 12.9. The van der Waals surface area contributed by atoms with E-state index in [2.05, 4.69) is 26.1 Å². The third-order valence-electron chi connectivity index (χ3n) is 5.45. The smallest absolute Gasteiger partial charge is 0.268 e. The number of carbonyl (C=O) groups is 2. The molecule has 2 heterocycles. The van der Waals surface area contributed by atoms with Crippen LogP contribution in [0.2, 0.25) is 0 Å². The van der Waals surface area contributed by atoms with Gasteiger partial charge in [-0.05, 0) is 65.1 Å². The second kappa shape index (κ2) is 8.07. The molecular weight excluding hydrogens is 392 g/mol. The lowest BCUT2D eigenvalue weighted by molar-refractivity contribution is 0.0987. The molecule has 30 heavy (non-hydrogen) atoms.